The van der Waals surface area contributed by atoms with E-state index in [2.05, 4.69) is 4.74 Å². The highest BCUT2D eigenvalue weighted by molar-refractivity contribution is 5.82. The molecule has 0 aliphatic rings. The highest BCUT2D eigenvalue weighted by Gasteiger charge is 1.89. The monoisotopic (exact) mass is 196 g/mol. The Balaban J connectivity index is 3.92. The molecule has 0 atom stereocenters. The average Bonchev–Trinajstić information content (AvgIpc) is 2.13. The summed E-state index contributed by atoms with van der Waals surface area (Å²) >= 11 is 0. The number of rotatable bonds is 5. The van der Waals surface area contributed by atoms with E-state index in [0.29, 0.717) is 6.61 Å². The molecule has 3 nitrogen and oxygen atoms in total. The number of allylic oxidation sites excluding steroid dienone is 4. The van der Waals surface area contributed by atoms with Gasteiger partial charge in [0.1, 0.15) is 0 Å². The SMILES string of the molecule is CCOC(=O)\C=C/C=C/C(C)=C/CO. The predicted octanol–water partition coefficient (Wildman–Crippen LogP) is 1.60. The summed E-state index contributed by atoms with van der Waals surface area (Å²) in [4.78, 5) is 10.8. The highest BCUT2D eigenvalue weighted by atomic mass is 16.5. The molecule has 0 fully saturated rings. The largest absolute Gasteiger partial charge is 0.463 e. The molecular weight excluding hydrogens is 180 g/mol. The van der Waals surface area contributed by atoms with E-state index in [1.54, 1.807) is 31.2 Å². The molecular formula is C11H16O3. The molecule has 1 N–H and O–H groups in total. The van der Waals surface area contributed by atoms with Crippen LogP contribution >= 0.6 is 0 Å². The second-order valence-corrected chi connectivity index (χ2v) is 2.60. The summed E-state index contributed by atoms with van der Waals surface area (Å²) in [7, 11) is 0. The first-order chi connectivity index (χ1) is 6.70. The number of ether oxygens (including phenoxy) is 1. The molecule has 3 heteroatoms. The second-order valence-electron chi connectivity index (χ2n) is 2.60. The summed E-state index contributed by atoms with van der Waals surface area (Å²) < 4.78 is 4.68. The lowest BCUT2D eigenvalue weighted by molar-refractivity contribution is -0.137. The maximum absolute atomic E-state index is 10.8. The molecule has 0 spiro atoms. The molecule has 0 rings (SSSR count). The van der Waals surface area contributed by atoms with E-state index in [-0.39, 0.29) is 12.6 Å². The molecule has 0 radical (unpaired) electrons. The Kier molecular flexibility index (Phi) is 7.46. The van der Waals surface area contributed by atoms with Gasteiger partial charge in [-0.2, -0.15) is 0 Å². The van der Waals surface area contributed by atoms with Crippen LogP contribution in [0.15, 0.2) is 36.0 Å². The van der Waals surface area contributed by atoms with Crippen molar-refractivity contribution in [2.45, 2.75) is 13.8 Å². The van der Waals surface area contributed by atoms with E-state index in [0.717, 1.165) is 5.57 Å². The fraction of sp³-hybridized carbons (Fsp3) is 0.364. The zero-order valence-electron chi connectivity index (χ0n) is 8.56. The van der Waals surface area contributed by atoms with Crippen LogP contribution in [-0.4, -0.2) is 24.3 Å². The minimum Gasteiger partial charge on any atom is -0.463 e. The molecule has 0 heterocycles. The Morgan fingerprint density at radius 1 is 1.36 bits per heavy atom. The van der Waals surface area contributed by atoms with Crippen LogP contribution in [0, 0.1) is 0 Å². The van der Waals surface area contributed by atoms with Crippen LogP contribution in [-0.2, 0) is 9.53 Å². The molecule has 0 unspecified atom stereocenters. The van der Waals surface area contributed by atoms with Crippen molar-refractivity contribution in [1.29, 1.82) is 0 Å². The maximum atomic E-state index is 10.8. The first-order valence-corrected chi connectivity index (χ1v) is 4.49. The topological polar surface area (TPSA) is 46.5 Å². The van der Waals surface area contributed by atoms with Gasteiger partial charge in [0.2, 0.25) is 0 Å². The summed E-state index contributed by atoms with van der Waals surface area (Å²) in [6.45, 7) is 4.04. The molecule has 0 aromatic heterocycles. The van der Waals surface area contributed by atoms with Crippen LogP contribution in [0.25, 0.3) is 0 Å². The Hall–Kier alpha value is -1.35. The number of hydrogen-bond acceptors (Lipinski definition) is 3. The van der Waals surface area contributed by atoms with Crippen LogP contribution in [0.3, 0.4) is 0 Å². The third-order valence-corrected chi connectivity index (χ3v) is 1.40. The van der Waals surface area contributed by atoms with Gasteiger partial charge in [-0.05, 0) is 13.8 Å². The van der Waals surface area contributed by atoms with Gasteiger partial charge < -0.3 is 9.84 Å². The molecule has 78 valence electrons. The van der Waals surface area contributed by atoms with Gasteiger partial charge in [0.15, 0.2) is 0 Å². The maximum Gasteiger partial charge on any atom is 0.330 e. The van der Waals surface area contributed by atoms with Gasteiger partial charge in [0, 0.05) is 6.08 Å². The number of hydrogen-bond donors (Lipinski definition) is 1. The molecule has 0 saturated heterocycles. The first kappa shape index (κ1) is 12.7. The Labute approximate surface area is 84.4 Å². The normalized spacial score (nSPS) is 12.6. The first-order valence-electron chi connectivity index (χ1n) is 4.49. The lowest BCUT2D eigenvalue weighted by atomic mass is 10.2. The van der Waals surface area contributed by atoms with Crippen molar-refractivity contribution in [3.8, 4) is 0 Å². The van der Waals surface area contributed by atoms with Crippen LogP contribution in [0.4, 0.5) is 0 Å². The van der Waals surface area contributed by atoms with E-state index >= 15 is 0 Å². The van der Waals surface area contributed by atoms with Crippen LogP contribution in [0.5, 0.6) is 0 Å². The van der Waals surface area contributed by atoms with Gasteiger partial charge in [-0.25, -0.2) is 4.79 Å². The molecule has 0 aromatic carbocycles. The zero-order valence-corrected chi connectivity index (χ0v) is 8.56. The van der Waals surface area contributed by atoms with Gasteiger partial charge in [-0.1, -0.05) is 29.9 Å². The van der Waals surface area contributed by atoms with Crippen molar-refractivity contribution in [1.82, 2.24) is 0 Å². The summed E-state index contributed by atoms with van der Waals surface area (Å²) in [5, 5.41) is 8.55. The minimum atomic E-state index is -0.346. The summed E-state index contributed by atoms with van der Waals surface area (Å²) in [5.41, 5.74) is 0.945. The average molecular weight is 196 g/mol. The molecule has 14 heavy (non-hydrogen) atoms. The lowest BCUT2D eigenvalue weighted by Gasteiger charge is -1.92. The highest BCUT2D eigenvalue weighted by Crippen LogP contribution is 1.94. The molecule has 0 aliphatic heterocycles. The Morgan fingerprint density at radius 2 is 2.00 bits per heavy atom. The van der Waals surface area contributed by atoms with E-state index in [9.17, 15) is 4.79 Å². The smallest absolute Gasteiger partial charge is 0.330 e. The van der Waals surface area contributed by atoms with Crippen molar-refractivity contribution in [3.05, 3.63) is 36.0 Å². The third-order valence-electron chi connectivity index (χ3n) is 1.40. The number of aliphatic hydroxyl groups excluding tert-OH is 1. The van der Waals surface area contributed by atoms with Gasteiger partial charge in [0.05, 0.1) is 13.2 Å². The zero-order chi connectivity index (χ0) is 10.8. The molecule has 0 aromatic rings. The van der Waals surface area contributed by atoms with E-state index in [1.807, 2.05) is 6.92 Å². The van der Waals surface area contributed by atoms with Crippen LogP contribution in [0.2, 0.25) is 0 Å². The van der Waals surface area contributed by atoms with Gasteiger partial charge >= 0.3 is 5.97 Å². The van der Waals surface area contributed by atoms with Crippen molar-refractivity contribution in [2.75, 3.05) is 13.2 Å². The Bertz CT molecular complexity index is 249. The third kappa shape index (κ3) is 7.31. The standard InChI is InChI=1S/C11H16O3/c1-3-14-11(13)7-5-4-6-10(2)8-9-12/h4-8,12H,3,9H2,1-2H3/b6-4+,7-5-,10-8+. The quantitative estimate of drug-likeness (QED) is 0.412. The number of carbonyl (C=O) groups is 1. The van der Waals surface area contributed by atoms with Gasteiger partial charge in [-0.3, -0.25) is 0 Å². The van der Waals surface area contributed by atoms with E-state index in [1.165, 1.54) is 6.08 Å². The van der Waals surface area contributed by atoms with E-state index < -0.39 is 0 Å². The van der Waals surface area contributed by atoms with Gasteiger partial charge in [-0.15, -0.1) is 0 Å². The molecule has 0 saturated carbocycles. The molecule has 0 bridgehead atoms. The molecule has 0 amide bonds. The number of esters is 1. The lowest BCUT2D eigenvalue weighted by Crippen LogP contribution is -1.98. The van der Waals surface area contributed by atoms with Crippen molar-refractivity contribution < 1.29 is 14.6 Å². The van der Waals surface area contributed by atoms with Crippen molar-refractivity contribution in [3.63, 3.8) is 0 Å². The number of aliphatic hydroxyl groups is 1. The fourth-order valence-corrected chi connectivity index (χ4v) is 0.744. The van der Waals surface area contributed by atoms with Crippen molar-refractivity contribution in [2.24, 2.45) is 0 Å². The fourth-order valence-electron chi connectivity index (χ4n) is 0.744. The van der Waals surface area contributed by atoms with Crippen molar-refractivity contribution >= 4 is 5.97 Å². The summed E-state index contributed by atoms with van der Waals surface area (Å²) in [6, 6.07) is 0. The van der Waals surface area contributed by atoms with Crippen LogP contribution in [0.1, 0.15) is 13.8 Å². The second kappa shape index (κ2) is 8.26. The summed E-state index contributed by atoms with van der Waals surface area (Å²) in [5.74, 6) is -0.346. The Morgan fingerprint density at radius 3 is 2.57 bits per heavy atom. The minimum absolute atomic E-state index is 0.0256. The number of carbonyl (C=O) groups excluding carboxylic acids is 1. The van der Waals surface area contributed by atoms with Gasteiger partial charge in [0.25, 0.3) is 0 Å². The predicted molar refractivity (Wildman–Crippen MR) is 55.8 cm³/mol. The molecule has 0 aliphatic carbocycles. The summed E-state index contributed by atoms with van der Waals surface area (Å²) in [6.07, 6.45) is 8.15. The van der Waals surface area contributed by atoms with E-state index in [4.69, 9.17) is 5.11 Å². The van der Waals surface area contributed by atoms with Crippen LogP contribution < -0.4 is 0 Å².